The number of benzene rings is 3. The number of hydrogen-bond donors (Lipinski definition) is 1. The van der Waals surface area contributed by atoms with E-state index in [0.717, 1.165) is 4.31 Å². The third-order valence-electron chi connectivity index (χ3n) is 4.82. The first-order chi connectivity index (χ1) is 13.8. The molecule has 3 aromatic rings. The summed E-state index contributed by atoms with van der Waals surface area (Å²) in [5, 5.41) is 10.8. The number of ketones is 1. The van der Waals surface area contributed by atoms with E-state index < -0.39 is 27.4 Å². The van der Waals surface area contributed by atoms with Crippen molar-refractivity contribution in [2.45, 2.75) is 4.90 Å². The Morgan fingerprint density at radius 2 is 1.59 bits per heavy atom. The molecular formula is C22H16FNO4S. The van der Waals surface area contributed by atoms with Crippen molar-refractivity contribution in [1.29, 1.82) is 0 Å². The van der Waals surface area contributed by atoms with E-state index in [1.807, 2.05) is 0 Å². The molecule has 1 aliphatic heterocycles. The molecule has 0 aliphatic carbocycles. The number of aliphatic hydroxyl groups excluding tert-OH is 1. The van der Waals surface area contributed by atoms with Crippen molar-refractivity contribution in [2.75, 3.05) is 7.05 Å². The van der Waals surface area contributed by atoms with E-state index in [4.69, 9.17) is 0 Å². The first-order valence-electron chi connectivity index (χ1n) is 8.73. The third-order valence-corrected chi connectivity index (χ3v) is 6.63. The maximum absolute atomic E-state index is 13.6. The molecule has 0 amide bonds. The third kappa shape index (κ3) is 3.09. The number of fused-ring (bicyclic) bond motifs is 1. The van der Waals surface area contributed by atoms with Crippen LogP contribution >= 0.6 is 0 Å². The molecule has 3 aromatic carbocycles. The van der Waals surface area contributed by atoms with Crippen LogP contribution in [0.25, 0.3) is 16.9 Å². The molecule has 1 aliphatic rings. The first-order valence-corrected chi connectivity index (χ1v) is 10.2. The van der Waals surface area contributed by atoms with Crippen molar-refractivity contribution >= 4 is 21.6 Å². The van der Waals surface area contributed by atoms with Crippen LogP contribution in [0.3, 0.4) is 0 Å². The summed E-state index contributed by atoms with van der Waals surface area (Å²) in [7, 11) is -2.75. The molecule has 0 fully saturated rings. The fourth-order valence-electron chi connectivity index (χ4n) is 3.32. The Labute approximate surface area is 167 Å². The van der Waals surface area contributed by atoms with Crippen molar-refractivity contribution in [3.8, 4) is 11.1 Å². The Morgan fingerprint density at radius 3 is 2.31 bits per heavy atom. The Hall–Kier alpha value is -3.45. The SMILES string of the molecule is CN1C(=C(O)c2cccc(-c3cccc(F)c3)c2)C(=O)c2ccccc2S1(=O)=O. The highest BCUT2D eigenvalue weighted by Gasteiger charge is 2.39. The highest BCUT2D eigenvalue weighted by Crippen LogP contribution is 2.34. The number of nitrogens with zero attached hydrogens (tertiary/aromatic N) is 1. The van der Waals surface area contributed by atoms with Crippen LogP contribution in [0.4, 0.5) is 4.39 Å². The first kappa shape index (κ1) is 18.9. The van der Waals surface area contributed by atoms with Crippen molar-refractivity contribution in [3.63, 3.8) is 0 Å². The molecule has 0 bridgehead atoms. The summed E-state index contributed by atoms with van der Waals surface area (Å²) in [5.41, 5.74) is 1.12. The second kappa shape index (κ2) is 6.86. The Balaban J connectivity index is 1.88. The van der Waals surface area contributed by atoms with Crippen LogP contribution in [0, 0.1) is 5.82 Å². The van der Waals surface area contributed by atoms with Gasteiger partial charge >= 0.3 is 0 Å². The Morgan fingerprint density at radius 1 is 0.931 bits per heavy atom. The molecule has 1 N–H and O–H groups in total. The number of rotatable bonds is 2. The molecule has 4 rings (SSSR count). The van der Waals surface area contributed by atoms with E-state index in [-0.39, 0.29) is 21.7 Å². The Kier molecular flexibility index (Phi) is 4.47. The number of hydrogen-bond acceptors (Lipinski definition) is 4. The fraction of sp³-hybridized carbons (Fsp3) is 0.0455. The highest BCUT2D eigenvalue weighted by molar-refractivity contribution is 7.89. The van der Waals surface area contributed by atoms with Gasteiger partial charge in [0.25, 0.3) is 10.0 Å². The summed E-state index contributed by atoms with van der Waals surface area (Å²) in [4.78, 5) is 12.9. The van der Waals surface area contributed by atoms with Gasteiger partial charge in [-0.05, 0) is 41.5 Å². The Bertz CT molecular complexity index is 1280. The molecule has 0 aromatic heterocycles. The number of halogens is 1. The van der Waals surface area contributed by atoms with E-state index in [2.05, 4.69) is 0 Å². The minimum absolute atomic E-state index is 0.00781. The zero-order valence-electron chi connectivity index (χ0n) is 15.3. The van der Waals surface area contributed by atoms with Crippen LogP contribution in [-0.4, -0.2) is 30.7 Å². The molecule has 0 saturated heterocycles. The molecule has 29 heavy (non-hydrogen) atoms. The number of aliphatic hydroxyl groups is 1. The molecule has 0 spiro atoms. The second-order valence-corrected chi connectivity index (χ2v) is 8.52. The second-order valence-electron chi connectivity index (χ2n) is 6.59. The lowest BCUT2D eigenvalue weighted by atomic mass is 10.00. The maximum atomic E-state index is 13.6. The summed E-state index contributed by atoms with van der Waals surface area (Å²) in [6, 6.07) is 18.3. The fourth-order valence-corrected chi connectivity index (χ4v) is 4.72. The van der Waals surface area contributed by atoms with Crippen LogP contribution in [0.15, 0.2) is 83.4 Å². The van der Waals surface area contributed by atoms with Gasteiger partial charge in [0, 0.05) is 18.2 Å². The smallest absolute Gasteiger partial charge is 0.265 e. The van der Waals surface area contributed by atoms with Crippen molar-refractivity contribution in [1.82, 2.24) is 4.31 Å². The van der Waals surface area contributed by atoms with Gasteiger partial charge in [0.2, 0.25) is 5.78 Å². The molecule has 0 radical (unpaired) electrons. The van der Waals surface area contributed by atoms with E-state index in [0.29, 0.717) is 11.1 Å². The topological polar surface area (TPSA) is 74.7 Å². The number of carbonyl (C=O) groups excluding carboxylic acids is 1. The van der Waals surface area contributed by atoms with Crippen LogP contribution in [0.5, 0.6) is 0 Å². The molecule has 146 valence electrons. The molecule has 0 saturated carbocycles. The quantitative estimate of drug-likeness (QED) is 0.508. The summed E-state index contributed by atoms with van der Waals surface area (Å²) >= 11 is 0. The van der Waals surface area contributed by atoms with Gasteiger partial charge in [-0.25, -0.2) is 12.8 Å². The van der Waals surface area contributed by atoms with Crippen LogP contribution in [-0.2, 0) is 10.0 Å². The van der Waals surface area contributed by atoms with Gasteiger partial charge < -0.3 is 5.11 Å². The molecule has 1 heterocycles. The molecule has 5 nitrogen and oxygen atoms in total. The van der Waals surface area contributed by atoms with Crippen LogP contribution in [0.2, 0.25) is 0 Å². The van der Waals surface area contributed by atoms with Crippen molar-refractivity contribution in [3.05, 3.63) is 95.4 Å². The minimum Gasteiger partial charge on any atom is -0.505 e. The monoisotopic (exact) mass is 409 g/mol. The van der Waals surface area contributed by atoms with E-state index in [1.165, 1.54) is 37.4 Å². The molecular weight excluding hydrogens is 393 g/mol. The maximum Gasteiger partial charge on any atom is 0.265 e. The van der Waals surface area contributed by atoms with E-state index in [1.54, 1.807) is 42.5 Å². The number of allylic oxidation sites excluding steroid dienone is 1. The summed E-state index contributed by atoms with van der Waals surface area (Å²) in [6.07, 6.45) is 0. The van der Waals surface area contributed by atoms with Gasteiger partial charge in [0.05, 0.1) is 4.90 Å². The largest absolute Gasteiger partial charge is 0.505 e. The van der Waals surface area contributed by atoms with Gasteiger partial charge in [0.1, 0.15) is 11.5 Å². The zero-order chi connectivity index (χ0) is 20.8. The van der Waals surface area contributed by atoms with Gasteiger partial charge in [-0.15, -0.1) is 0 Å². The van der Waals surface area contributed by atoms with Crippen molar-refractivity contribution in [2.24, 2.45) is 0 Å². The predicted octanol–water partition coefficient (Wildman–Crippen LogP) is 4.24. The number of sulfonamides is 1. The average Bonchev–Trinajstić information content (AvgIpc) is 2.73. The number of carbonyl (C=O) groups is 1. The lowest BCUT2D eigenvalue weighted by Crippen LogP contribution is -2.37. The van der Waals surface area contributed by atoms with Crippen LogP contribution in [0.1, 0.15) is 15.9 Å². The minimum atomic E-state index is -3.98. The lowest BCUT2D eigenvalue weighted by molar-refractivity contribution is 0.100. The van der Waals surface area contributed by atoms with Gasteiger partial charge in [0.15, 0.2) is 5.76 Å². The standard InChI is InChI=1S/C22H16FNO4S/c1-24-20(22(26)18-10-2-3-11-19(18)29(24,27)28)21(25)16-8-4-6-14(12-16)15-7-5-9-17(23)13-15/h2-13,25H,1H3. The number of likely N-dealkylation sites (N-methyl/N-ethyl adjacent to an activating group) is 1. The number of Topliss-reactive ketones (excluding diaryl/α,β-unsaturated/α-hetero) is 1. The molecule has 0 atom stereocenters. The van der Waals surface area contributed by atoms with Gasteiger partial charge in [-0.2, -0.15) is 0 Å². The summed E-state index contributed by atoms with van der Waals surface area (Å²) < 4.78 is 40.0. The van der Waals surface area contributed by atoms with Gasteiger partial charge in [-0.1, -0.05) is 42.5 Å². The normalized spacial score (nSPS) is 17.0. The van der Waals surface area contributed by atoms with E-state index in [9.17, 15) is 22.7 Å². The van der Waals surface area contributed by atoms with E-state index >= 15 is 0 Å². The summed E-state index contributed by atoms with van der Waals surface area (Å²) in [5.74, 6) is -1.46. The lowest BCUT2D eigenvalue weighted by Gasteiger charge is -2.28. The zero-order valence-corrected chi connectivity index (χ0v) is 16.2. The predicted molar refractivity (Wildman–Crippen MR) is 107 cm³/mol. The van der Waals surface area contributed by atoms with Crippen LogP contribution < -0.4 is 0 Å². The summed E-state index contributed by atoms with van der Waals surface area (Å²) in [6.45, 7) is 0. The highest BCUT2D eigenvalue weighted by atomic mass is 32.2. The van der Waals surface area contributed by atoms with Crippen molar-refractivity contribution < 1.29 is 22.7 Å². The average molecular weight is 409 g/mol. The molecule has 0 unspecified atom stereocenters. The van der Waals surface area contributed by atoms with Gasteiger partial charge in [-0.3, -0.25) is 9.10 Å². The molecule has 7 heteroatoms.